The second-order valence-corrected chi connectivity index (χ2v) is 6.32. The molecule has 0 unspecified atom stereocenters. The average Bonchev–Trinajstić information content (AvgIpc) is 2.48. The van der Waals surface area contributed by atoms with Crippen molar-refractivity contribution in [1.29, 1.82) is 0 Å². The van der Waals surface area contributed by atoms with Crippen LogP contribution in [-0.4, -0.2) is 20.6 Å². The fourth-order valence-electron chi connectivity index (χ4n) is 1.88. The van der Waals surface area contributed by atoms with E-state index in [-0.39, 0.29) is 11.5 Å². The van der Waals surface area contributed by atoms with Gasteiger partial charge in [-0.15, -0.1) is 0 Å². The number of anilines is 1. The standard InChI is InChI=1S/C15H18N2O3S/c1-16-10-12-4-8-15(9-5-12)21(19,20)17-14-6-2-13(11-18)3-7-14/h2-9,16-18H,10-11H2,1H3. The number of hydrogen-bond acceptors (Lipinski definition) is 4. The van der Waals surface area contributed by atoms with Crippen molar-refractivity contribution in [3.8, 4) is 0 Å². The predicted molar refractivity (Wildman–Crippen MR) is 82.4 cm³/mol. The predicted octanol–water partition coefficient (Wildman–Crippen LogP) is 1.70. The van der Waals surface area contributed by atoms with Gasteiger partial charge in [-0.1, -0.05) is 24.3 Å². The summed E-state index contributed by atoms with van der Waals surface area (Å²) in [5.41, 5.74) is 2.21. The van der Waals surface area contributed by atoms with Crippen molar-refractivity contribution in [1.82, 2.24) is 5.32 Å². The van der Waals surface area contributed by atoms with Crippen LogP contribution < -0.4 is 10.0 Å². The van der Waals surface area contributed by atoms with Gasteiger partial charge in [0, 0.05) is 12.2 Å². The van der Waals surface area contributed by atoms with E-state index in [9.17, 15) is 8.42 Å². The summed E-state index contributed by atoms with van der Waals surface area (Å²) in [6, 6.07) is 13.3. The summed E-state index contributed by atoms with van der Waals surface area (Å²) in [6.07, 6.45) is 0. The third kappa shape index (κ3) is 4.04. The smallest absolute Gasteiger partial charge is 0.261 e. The molecule has 5 nitrogen and oxygen atoms in total. The van der Waals surface area contributed by atoms with Crippen molar-refractivity contribution in [2.24, 2.45) is 0 Å². The Morgan fingerprint density at radius 2 is 1.52 bits per heavy atom. The number of aliphatic hydroxyl groups is 1. The maximum Gasteiger partial charge on any atom is 0.261 e. The molecule has 0 atom stereocenters. The van der Waals surface area contributed by atoms with Gasteiger partial charge in [0.15, 0.2) is 0 Å². The summed E-state index contributed by atoms with van der Waals surface area (Å²) in [5, 5.41) is 12.0. The zero-order valence-electron chi connectivity index (χ0n) is 11.7. The first-order chi connectivity index (χ1) is 10.0. The van der Waals surface area contributed by atoms with Crippen LogP contribution in [0.3, 0.4) is 0 Å². The van der Waals surface area contributed by atoms with Crippen LogP contribution in [0, 0.1) is 0 Å². The molecule has 0 aliphatic heterocycles. The van der Waals surface area contributed by atoms with Gasteiger partial charge in [0.05, 0.1) is 11.5 Å². The zero-order valence-corrected chi connectivity index (χ0v) is 12.5. The molecule has 0 fully saturated rings. The topological polar surface area (TPSA) is 78.4 Å². The number of nitrogens with one attached hydrogen (secondary N) is 2. The molecule has 0 saturated carbocycles. The van der Waals surface area contributed by atoms with Crippen LogP contribution in [0.5, 0.6) is 0 Å². The van der Waals surface area contributed by atoms with Crippen LogP contribution >= 0.6 is 0 Å². The largest absolute Gasteiger partial charge is 0.392 e. The van der Waals surface area contributed by atoms with Gasteiger partial charge in [-0.05, 0) is 42.4 Å². The molecule has 0 aromatic heterocycles. The monoisotopic (exact) mass is 306 g/mol. The fraction of sp³-hybridized carbons (Fsp3) is 0.200. The van der Waals surface area contributed by atoms with E-state index in [2.05, 4.69) is 10.0 Å². The quantitative estimate of drug-likeness (QED) is 0.759. The second-order valence-electron chi connectivity index (χ2n) is 4.63. The minimum absolute atomic E-state index is 0.0695. The van der Waals surface area contributed by atoms with E-state index in [1.807, 2.05) is 7.05 Å². The normalized spacial score (nSPS) is 11.3. The summed E-state index contributed by atoms with van der Waals surface area (Å²) in [6.45, 7) is 0.621. The maximum atomic E-state index is 12.2. The van der Waals surface area contributed by atoms with E-state index >= 15 is 0 Å². The van der Waals surface area contributed by atoms with Crippen molar-refractivity contribution < 1.29 is 13.5 Å². The summed E-state index contributed by atoms with van der Waals surface area (Å²) in [7, 11) is -1.76. The first kappa shape index (κ1) is 15.5. The molecule has 6 heteroatoms. The highest BCUT2D eigenvalue weighted by Gasteiger charge is 2.13. The number of rotatable bonds is 6. The Morgan fingerprint density at radius 1 is 0.952 bits per heavy atom. The van der Waals surface area contributed by atoms with Gasteiger partial charge < -0.3 is 10.4 Å². The van der Waals surface area contributed by atoms with E-state index < -0.39 is 10.0 Å². The first-order valence-electron chi connectivity index (χ1n) is 6.51. The lowest BCUT2D eigenvalue weighted by molar-refractivity contribution is 0.282. The average molecular weight is 306 g/mol. The molecule has 0 bridgehead atoms. The maximum absolute atomic E-state index is 12.2. The van der Waals surface area contributed by atoms with Crippen LogP contribution in [0.25, 0.3) is 0 Å². The first-order valence-corrected chi connectivity index (χ1v) is 7.99. The number of aliphatic hydroxyl groups excluding tert-OH is 1. The Morgan fingerprint density at radius 3 is 2.05 bits per heavy atom. The van der Waals surface area contributed by atoms with Crippen LogP contribution in [0.15, 0.2) is 53.4 Å². The Hall–Kier alpha value is -1.89. The number of sulfonamides is 1. The van der Waals surface area contributed by atoms with Gasteiger partial charge in [0.2, 0.25) is 0 Å². The van der Waals surface area contributed by atoms with Gasteiger partial charge in [-0.3, -0.25) is 4.72 Å². The summed E-state index contributed by atoms with van der Waals surface area (Å²) >= 11 is 0. The summed E-state index contributed by atoms with van der Waals surface area (Å²) in [5.74, 6) is 0. The summed E-state index contributed by atoms with van der Waals surface area (Å²) < 4.78 is 27.0. The molecule has 0 radical (unpaired) electrons. The van der Waals surface area contributed by atoms with Crippen LogP contribution in [0.2, 0.25) is 0 Å². The van der Waals surface area contributed by atoms with Crippen molar-refractivity contribution in [3.63, 3.8) is 0 Å². The molecular formula is C15H18N2O3S. The van der Waals surface area contributed by atoms with Gasteiger partial charge in [-0.25, -0.2) is 8.42 Å². The lowest BCUT2D eigenvalue weighted by Crippen LogP contribution is -2.13. The molecule has 0 amide bonds. The summed E-state index contributed by atoms with van der Waals surface area (Å²) in [4.78, 5) is 0.216. The molecule has 21 heavy (non-hydrogen) atoms. The van der Waals surface area contributed by atoms with Crippen molar-refractivity contribution in [3.05, 3.63) is 59.7 Å². The van der Waals surface area contributed by atoms with E-state index in [4.69, 9.17) is 5.11 Å². The molecule has 112 valence electrons. The van der Waals surface area contributed by atoms with Crippen LogP contribution in [-0.2, 0) is 23.2 Å². The Balaban J connectivity index is 2.16. The van der Waals surface area contributed by atoms with E-state index in [1.54, 1.807) is 48.5 Å². The fourth-order valence-corrected chi connectivity index (χ4v) is 2.94. The SMILES string of the molecule is CNCc1ccc(S(=O)(=O)Nc2ccc(CO)cc2)cc1. The highest BCUT2D eigenvalue weighted by molar-refractivity contribution is 7.92. The molecule has 0 spiro atoms. The minimum Gasteiger partial charge on any atom is -0.392 e. The Kier molecular flexibility index (Phi) is 4.95. The Bertz CT molecular complexity index is 680. The van der Waals surface area contributed by atoms with Crippen molar-refractivity contribution >= 4 is 15.7 Å². The van der Waals surface area contributed by atoms with E-state index in [0.29, 0.717) is 12.2 Å². The van der Waals surface area contributed by atoms with Crippen LogP contribution in [0.4, 0.5) is 5.69 Å². The molecule has 3 N–H and O–H groups in total. The third-order valence-corrected chi connectivity index (χ3v) is 4.40. The van der Waals surface area contributed by atoms with Gasteiger partial charge in [-0.2, -0.15) is 0 Å². The Labute approximate surface area is 124 Å². The number of benzene rings is 2. The zero-order chi connectivity index (χ0) is 15.3. The highest BCUT2D eigenvalue weighted by atomic mass is 32.2. The molecular weight excluding hydrogens is 288 g/mol. The molecule has 0 heterocycles. The van der Waals surface area contributed by atoms with Crippen LogP contribution in [0.1, 0.15) is 11.1 Å². The minimum atomic E-state index is -3.60. The highest BCUT2D eigenvalue weighted by Crippen LogP contribution is 2.17. The van der Waals surface area contributed by atoms with Gasteiger partial charge in [0.1, 0.15) is 0 Å². The van der Waals surface area contributed by atoms with Crippen molar-refractivity contribution in [2.45, 2.75) is 18.0 Å². The third-order valence-electron chi connectivity index (χ3n) is 3.00. The second kappa shape index (κ2) is 6.71. The molecule has 2 rings (SSSR count). The van der Waals surface area contributed by atoms with E-state index in [1.165, 1.54) is 0 Å². The van der Waals surface area contributed by atoms with E-state index in [0.717, 1.165) is 11.1 Å². The number of hydrogen-bond donors (Lipinski definition) is 3. The lowest BCUT2D eigenvalue weighted by atomic mass is 10.2. The molecule has 2 aromatic carbocycles. The van der Waals surface area contributed by atoms with Gasteiger partial charge >= 0.3 is 0 Å². The van der Waals surface area contributed by atoms with Crippen molar-refractivity contribution in [2.75, 3.05) is 11.8 Å². The molecule has 0 aliphatic carbocycles. The van der Waals surface area contributed by atoms with Gasteiger partial charge in [0.25, 0.3) is 10.0 Å². The lowest BCUT2D eigenvalue weighted by Gasteiger charge is -2.09. The molecule has 2 aromatic rings. The molecule has 0 aliphatic rings. The molecule has 0 saturated heterocycles.